The van der Waals surface area contributed by atoms with Gasteiger partial charge >= 0.3 is 5.97 Å². The van der Waals surface area contributed by atoms with E-state index in [-0.39, 0.29) is 29.9 Å². The van der Waals surface area contributed by atoms with Crippen molar-refractivity contribution in [2.45, 2.75) is 89.9 Å². The first-order valence-corrected chi connectivity index (χ1v) is 16.3. The molecule has 0 radical (unpaired) electrons. The lowest BCUT2D eigenvalue weighted by molar-refractivity contribution is -0.150. The van der Waals surface area contributed by atoms with E-state index in [4.69, 9.17) is 11.6 Å². The summed E-state index contributed by atoms with van der Waals surface area (Å²) in [4.78, 5) is 71.2. The quantitative estimate of drug-likeness (QED) is 0.430. The molecular weight excluding hydrogens is 594 g/mol. The molecule has 0 unspecified atom stereocenters. The van der Waals surface area contributed by atoms with E-state index in [1.54, 1.807) is 41.3 Å². The molecule has 2 aromatic rings. The van der Waals surface area contributed by atoms with Crippen molar-refractivity contribution in [2.24, 2.45) is 23.2 Å². The highest BCUT2D eigenvalue weighted by Crippen LogP contribution is 2.62. The van der Waals surface area contributed by atoms with Crippen LogP contribution in [0.1, 0.15) is 81.1 Å². The van der Waals surface area contributed by atoms with Gasteiger partial charge in [-0.3, -0.25) is 24.0 Å². The minimum absolute atomic E-state index is 0.0683. The molecule has 0 aromatic heterocycles. The number of para-hydroxylation sites is 1. The second-order valence-corrected chi connectivity index (χ2v) is 14.2. The van der Waals surface area contributed by atoms with Gasteiger partial charge in [-0.2, -0.15) is 0 Å². The Morgan fingerprint density at radius 3 is 2.18 bits per heavy atom. The van der Waals surface area contributed by atoms with Crippen LogP contribution >= 0.6 is 11.6 Å². The Labute approximate surface area is 268 Å². The number of nitrogens with one attached hydrogen (secondary N) is 1. The van der Waals surface area contributed by atoms with Gasteiger partial charge in [-0.1, -0.05) is 41.9 Å². The number of anilines is 1. The van der Waals surface area contributed by atoms with Crippen molar-refractivity contribution in [1.29, 1.82) is 0 Å². The van der Waals surface area contributed by atoms with Gasteiger partial charge in [-0.05, 0) is 98.8 Å². The Morgan fingerprint density at radius 2 is 1.58 bits per heavy atom. The molecule has 2 aromatic carbocycles. The monoisotopic (exact) mass is 633 g/mol. The number of hydrogen-bond donors (Lipinski definition) is 2. The molecule has 1 heterocycles. The van der Waals surface area contributed by atoms with Gasteiger partial charge in [-0.15, -0.1) is 0 Å². The molecule has 4 aliphatic carbocycles. The third-order valence-corrected chi connectivity index (χ3v) is 10.9. The Kier molecular flexibility index (Phi) is 8.50. The average molecular weight is 634 g/mol. The first kappa shape index (κ1) is 31.3. The third kappa shape index (κ3) is 6.11. The van der Waals surface area contributed by atoms with Gasteiger partial charge in [0.15, 0.2) is 5.78 Å². The predicted molar refractivity (Wildman–Crippen MR) is 169 cm³/mol. The molecule has 2 N–H and O–H groups in total. The number of ketones is 1. The van der Waals surface area contributed by atoms with Gasteiger partial charge in [0.05, 0.1) is 12.2 Å². The summed E-state index contributed by atoms with van der Waals surface area (Å²) >= 11 is 6.58. The highest BCUT2D eigenvalue weighted by molar-refractivity contribution is 6.31. The van der Waals surface area contributed by atoms with Crippen LogP contribution in [-0.4, -0.2) is 57.6 Å². The Hall–Kier alpha value is -3.72. The lowest BCUT2D eigenvalue weighted by Crippen LogP contribution is -2.61. The molecule has 7 rings (SSSR count). The Bertz CT molecular complexity index is 1510. The fourth-order valence-corrected chi connectivity index (χ4v) is 9.28. The van der Waals surface area contributed by atoms with Gasteiger partial charge in [-0.25, -0.2) is 0 Å². The van der Waals surface area contributed by atoms with Gasteiger partial charge in [0.25, 0.3) is 0 Å². The van der Waals surface area contributed by atoms with Crippen LogP contribution in [0.5, 0.6) is 0 Å². The molecule has 4 saturated carbocycles. The maximum atomic E-state index is 15.1. The van der Waals surface area contributed by atoms with Crippen LogP contribution < -0.4 is 10.2 Å². The normalized spacial score (nSPS) is 29.8. The van der Waals surface area contributed by atoms with Crippen LogP contribution in [0.15, 0.2) is 48.5 Å². The third-order valence-electron chi connectivity index (χ3n) is 10.6. The number of amides is 3. The number of carboxylic acid groups (broad SMARTS) is 1. The lowest BCUT2D eigenvalue weighted by atomic mass is 9.48. The van der Waals surface area contributed by atoms with E-state index in [0.29, 0.717) is 40.4 Å². The topological polar surface area (TPSA) is 124 Å². The van der Waals surface area contributed by atoms with Gasteiger partial charge < -0.3 is 20.2 Å². The summed E-state index contributed by atoms with van der Waals surface area (Å²) in [5, 5.41) is 12.5. The lowest BCUT2D eigenvalue weighted by Gasteiger charge is -2.58. The van der Waals surface area contributed by atoms with Crippen molar-refractivity contribution in [3.8, 4) is 0 Å². The van der Waals surface area contributed by atoms with Crippen LogP contribution in [0.4, 0.5) is 5.69 Å². The number of halogens is 1. The van der Waals surface area contributed by atoms with Crippen LogP contribution in [0.25, 0.3) is 0 Å². The van der Waals surface area contributed by atoms with E-state index in [9.17, 15) is 24.3 Å². The second-order valence-electron chi connectivity index (χ2n) is 13.8. The number of Topliss-reactive ketones (excluding diaryl/α,β-unsaturated/α-hetero) is 1. The average Bonchev–Trinajstić information content (AvgIpc) is 3.01. The van der Waals surface area contributed by atoms with E-state index in [2.05, 4.69) is 5.32 Å². The minimum atomic E-state index is -1.37. The van der Waals surface area contributed by atoms with Crippen molar-refractivity contribution in [2.75, 3.05) is 4.90 Å². The fraction of sp³-hybridized carbons (Fsp3) is 0.514. The summed E-state index contributed by atoms with van der Waals surface area (Å²) in [6.45, 7) is 2.71. The van der Waals surface area contributed by atoms with Crippen LogP contribution in [0, 0.1) is 23.2 Å². The maximum Gasteiger partial charge on any atom is 0.325 e. The SMILES string of the molecule is CC(=O)N1[C@H](CC23CC4CC(CC(C4)C2)C3)C(=O)N(Cc2ccccc2Cl)c2ccccc2C(=O)C[C@H]1C(=O)N[C@@H](C)C(=O)O. The summed E-state index contributed by atoms with van der Waals surface area (Å²) in [7, 11) is 0. The zero-order valence-electron chi connectivity index (χ0n) is 25.7. The molecule has 4 fully saturated rings. The van der Waals surface area contributed by atoms with Crippen LogP contribution in [0.3, 0.4) is 0 Å². The highest BCUT2D eigenvalue weighted by Gasteiger charge is 2.54. The van der Waals surface area contributed by atoms with Gasteiger partial charge in [0.2, 0.25) is 17.7 Å². The number of aliphatic carboxylic acids is 1. The summed E-state index contributed by atoms with van der Waals surface area (Å²) in [5.41, 5.74) is 1.17. The number of carbonyl (C=O) groups is 5. The van der Waals surface area contributed by atoms with E-state index < -0.39 is 41.7 Å². The molecule has 45 heavy (non-hydrogen) atoms. The maximum absolute atomic E-state index is 15.1. The van der Waals surface area contributed by atoms with Crippen molar-refractivity contribution in [3.63, 3.8) is 0 Å². The number of carboxylic acids is 1. The summed E-state index contributed by atoms with van der Waals surface area (Å²) < 4.78 is 0. The molecule has 4 bridgehead atoms. The molecule has 1 aliphatic heterocycles. The molecule has 3 amide bonds. The van der Waals surface area contributed by atoms with Crippen molar-refractivity contribution in [1.82, 2.24) is 10.2 Å². The molecule has 238 valence electrons. The van der Waals surface area contributed by atoms with E-state index in [1.807, 2.05) is 12.1 Å². The highest BCUT2D eigenvalue weighted by atomic mass is 35.5. The van der Waals surface area contributed by atoms with Crippen molar-refractivity contribution >= 4 is 46.8 Å². The molecule has 5 aliphatic rings. The molecule has 0 spiro atoms. The molecule has 3 atom stereocenters. The summed E-state index contributed by atoms with van der Waals surface area (Å²) in [6.07, 6.45) is 6.51. The number of fused-ring (bicyclic) bond motifs is 1. The van der Waals surface area contributed by atoms with E-state index in [0.717, 1.165) is 19.3 Å². The van der Waals surface area contributed by atoms with Crippen LogP contribution in [-0.2, 0) is 25.7 Å². The number of hydrogen-bond acceptors (Lipinski definition) is 5. The number of carbonyl (C=O) groups excluding carboxylic acids is 4. The number of nitrogens with zero attached hydrogens (tertiary/aromatic N) is 2. The van der Waals surface area contributed by atoms with Crippen molar-refractivity contribution < 1.29 is 29.1 Å². The smallest absolute Gasteiger partial charge is 0.325 e. The zero-order chi connectivity index (χ0) is 32.0. The molecule has 9 nitrogen and oxygen atoms in total. The molecule has 0 saturated heterocycles. The Balaban J connectivity index is 1.49. The second kappa shape index (κ2) is 12.2. The van der Waals surface area contributed by atoms with E-state index in [1.165, 1.54) is 38.0 Å². The van der Waals surface area contributed by atoms with Crippen molar-refractivity contribution in [3.05, 3.63) is 64.7 Å². The summed E-state index contributed by atoms with van der Waals surface area (Å²) in [5.74, 6) is -1.57. The minimum Gasteiger partial charge on any atom is -0.480 e. The zero-order valence-corrected chi connectivity index (χ0v) is 26.5. The standard InChI is InChI=1S/C35H40ClN3O6/c1-20(34(44)45)37-32(42)29-14-31(41)26-8-4-6-10-28(26)38(19-25-7-3-5-9-27(25)36)33(43)30(39(29)21(2)40)18-35-15-22-11-23(16-35)13-24(12-22)17-35/h3-10,20,22-24,29-30H,11-19H2,1-2H3,(H,37,42)(H,44,45)/t20-,22?,23?,24?,29-,30+,35?/m0/s1. The predicted octanol–water partition coefficient (Wildman–Crippen LogP) is 5.24. The van der Waals surface area contributed by atoms with E-state index >= 15 is 4.79 Å². The first-order valence-electron chi connectivity index (χ1n) is 15.9. The summed E-state index contributed by atoms with van der Waals surface area (Å²) in [6, 6.07) is 10.3. The first-order chi connectivity index (χ1) is 21.4. The number of rotatable bonds is 7. The Morgan fingerprint density at radius 1 is 0.978 bits per heavy atom. The van der Waals surface area contributed by atoms with Crippen LogP contribution in [0.2, 0.25) is 5.02 Å². The number of benzene rings is 2. The molecule has 10 heteroatoms. The fourth-order valence-electron chi connectivity index (χ4n) is 9.09. The molecular formula is C35H40ClN3O6. The van der Waals surface area contributed by atoms with Gasteiger partial charge in [0, 0.05) is 23.9 Å². The largest absolute Gasteiger partial charge is 0.480 e. The van der Waals surface area contributed by atoms with Gasteiger partial charge in [0.1, 0.15) is 18.1 Å².